The van der Waals surface area contributed by atoms with Crippen molar-refractivity contribution in [2.75, 3.05) is 25.2 Å². The standard InChI is InChI=1S/C28H23F3IN3O3S/c1-38-27-16-21(39(2,36)37)12-13-25(27)33-14-6-8-20-15-22-24(34-17-19-7-3-4-9-23(19)32)10-5-11-26(22)35(20)18-28(29,30)31/h3-5,7,9-13,15-17,33H,14,18H2,1-2H3. The van der Waals surface area contributed by atoms with Crippen molar-refractivity contribution >= 4 is 60.9 Å². The second-order valence-corrected chi connectivity index (χ2v) is 11.7. The molecule has 0 spiro atoms. The average Bonchev–Trinajstić information content (AvgIpc) is 3.21. The van der Waals surface area contributed by atoms with Gasteiger partial charge < -0.3 is 14.6 Å². The monoisotopic (exact) mass is 665 g/mol. The fourth-order valence-corrected chi connectivity index (χ4v) is 5.04. The predicted octanol–water partition coefficient (Wildman–Crippen LogP) is 6.43. The van der Waals surface area contributed by atoms with Crippen molar-refractivity contribution in [2.45, 2.75) is 17.6 Å². The van der Waals surface area contributed by atoms with Gasteiger partial charge in [-0.25, -0.2) is 8.42 Å². The quantitative estimate of drug-likeness (QED) is 0.140. The second-order valence-electron chi connectivity index (χ2n) is 8.51. The SMILES string of the molecule is COc1cc(S(C)(=O)=O)ccc1NCC#Cc1cc2c(N=Cc3ccccc3I)cccc2n1CC(F)(F)F. The van der Waals surface area contributed by atoms with Crippen LogP contribution in [0.5, 0.6) is 5.75 Å². The van der Waals surface area contributed by atoms with E-state index in [4.69, 9.17) is 4.74 Å². The summed E-state index contributed by atoms with van der Waals surface area (Å²) in [5, 5.41) is 3.58. The zero-order valence-corrected chi connectivity index (χ0v) is 23.9. The second kappa shape index (κ2) is 11.7. The van der Waals surface area contributed by atoms with E-state index in [0.717, 1.165) is 20.0 Å². The molecule has 11 heteroatoms. The summed E-state index contributed by atoms with van der Waals surface area (Å²) in [6, 6.07) is 18.7. The summed E-state index contributed by atoms with van der Waals surface area (Å²) < 4.78 is 71.4. The summed E-state index contributed by atoms with van der Waals surface area (Å²) in [5.74, 6) is 6.00. The number of benzene rings is 3. The molecule has 0 aliphatic carbocycles. The number of aromatic nitrogens is 1. The summed E-state index contributed by atoms with van der Waals surface area (Å²) in [6.45, 7) is -1.11. The first-order valence-corrected chi connectivity index (χ1v) is 14.5. The fourth-order valence-electron chi connectivity index (χ4n) is 3.88. The van der Waals surface area contributed by atoms with Gasteiger partial charge in [-0.1, -0.05) is 30.2 Å². The Hall–Kier alpha value is -3.50. The van der Waals surface area contributed by atoms with E-state index in [1.807, 2.05) is 24.3 Å². The lowest BCUT2D eigenvalue weighted by Crippen LogP contribution is -2.18. The Labute approximate surface area is 238 Å². The molecular weight excluding hydrogens is 642 g/mol. The van der Waals surface area contributed by atoms with Gasteiger partial charge in [0.25, 0.3) is 0 Å². The van der Waals surface area contributed by atoms with Gasteiger partial charge in [-0.2, -0.15) is 13.2 Å². The van der Waals surface area contributed by atoms with Crippen LogP contribution < -0.4 is 10.1 Å². The first-order chi connectivity index (χ1) is 18.5. The van der Waals surface area contributed by atoms with Crippen LogP contribution in [0.15, 0.2) is 76.6 Å². The lowest BCUT2D eigenvalue weighted by molar-refractivity contribution is -0.140. The normalized spacial score (nSPS) is 11.9. The minimum atomic E-state index is -4.45. The number of anilines is 1. The Morgan fingerprint density at radius 2 is 1.87 bits per heavy atom. The van der Waals surface area contributed by atoms with Crippen molar-refractivity contribution in [3.63, 3.8) is 0 Å². The van der Waals surface area contributed by atoms with Gasteiger partial charge in [-0.05, 0) is 64.9 Å². The molecular formula is C28H23F3IN3O3S. The molecule has 1 aromatic heterocycles. The number of sulfone groups is 1. The molecule has 0 aliphatic rings. The molecule has 4 rings (SSSR count). The third-order valence-corrected chi connectivity index (χ3v) is 7.79. The largest absolute Gasteiger partial charge is 0.495 e. The van der Waals surface area contributed by atoms with Gasteiger partial charge in [0.2, 0.25) is 0 Å². The molecule has 0 saturated carbocycles. The summed E-state index contributed by atoms with van der Waals surface area (Å²) in [6.07, 6.45) is -1.66. The Balaban J connectivity index is 1.65. The number of methoxy groups -OCH3 is 1. The fraction of sp³-hybridized carbons (Fsp3) is 0.179. The Kier molecular flexibility index (Phi) is 8.56. The van der Waals surface area contributed by atoms with E-state index in [9.17, 15) is 21.6 Å². The maximum atomic E-state index is 13.5. The van der Waals surface area contributed by atoms with Gasteiger partial charge in [0.1, 0.15) is 12.3 Å². The number of rotatable bonds is 7. The Morgan fingerprint density at radius 1 is 1.10 bits per heavy atom. The highest BCUT2D eigenvalue weighted by Crippen LogP contribution is 2.32. The van der Waals surface area contributed by atoms with E-state index in [1.54, 1.807) is 36.5 Å². The summed E-state index contributed by atoms with van der Waals surface area (Å²) >= 11 is 2.20. The van der Waals surface area contributed by atoms with Crippen LogP contribution in [-0.2, 0) is 16.4 Å². The van der Waals surface area contributed by atoms with Gasteiger partial charge in [0, 0.05) is 33.1 Å². The van der Waals surface area contributed by atoms with Gasteiger partial charge in [-0.15, -0.1) is 0 Å². The number of alkyl halides is 3. The summed E-state index contributed by atoms with van der Waals surface area (Å²) in [4.78, 5) is 4.66. The number of fused-ring (bicyclic) bond motifs is 1. The third kappa shape index (κ3) is 7.13. The topological polar surface area (TPSA) is 72.7 Å². The molecule has 39 heavy (non-hydrogen) atoms. The van der Waals surface area contributed by atoms with Crippen molar-refractivity contribution in [3.05, 3.63) is 81.6 Å². The molecule has 1 N–H and O–H groups in total. The highest BCUT2D eigenvalue weighted by Gasteiger charge is 2.30. The van der Waals surface area contributed by atoms with Crippen LogP contribution >= 0.6 is 22.6 Å². The van der Waals surface area contributed by atoms with Crippen LogP contribution in [0.1, 0.15) is 11.3 Å². The van der Waals surface area contributed by atoms with Crippen LogP contribution in [0.3, 0.4) is 0 Å². The molecule has 0 atom stereocenters. The molecule has 1 heterocycles. The third-order valence-electron chi connectivity index (χ3n) is 5.69. The lowest BCUT2D eigenvalue weighted by atomic mass is 10.2. The minimum absolute atomic E-state index is 0.0829. The predicted molar refractivity (Wildman–Crippen MR) is 156 cm³/mol. The van der Waals surface area contributed by atoms with E-state index in [1.165, 1.54) is 19.2 Å². The number of hydrogen-bond acceptors (Lipinski definition) is 5. The van der Waals surface area contributed by atoms with Crippen molar-refractivity contribution in [2.24, 2.45) is 4.99 Å². The number of hydrogen-bond donors (Lipinski definition) is 1. The lowest BCUT2D eigenvalue weighted by Gasteiger charge is -2.11. The highest BCUT2D eigenvalue weighted by atomic mass is 127. The maximum absolute atomic E-state index is 13.5. The molecule has 3 aromatic carbocycles. The smallest absolute Gasteiger partial charge is 0.406 e. The Bertz CT molecular complexity index is 1720. The van der Waals surface area contributed by atoms with Crippen molar-refractivity contribution in [1.82, 2.24) is 4.57 Å². The first kappa shape index (κ1) is 28.5. The van der Waals surface area contributed by atoms with E-state index >= 15 is 0 Å². The van der Waals surface area contributed by atoms with Crippen molar-refractivity contribution < 1.29 is 26.3 Å². The van der Waals surface area contributed by atoms with Gasteiger partial charge in [0.15, 0.2) is 9.84 Å². The zero-order valence-electron chi connectivity index (χ0n) is 20.9. The minimum Gasteiger partial charge on any atom is -0.495 e. The maximum Gasteiger partial charge on any atom is 0.406 e. The molecule has 0 bridgehead atoms. The van der Waals surface area contributed by atoms with Crippen LogP contribution in [0.25, 0.3) is 10.9 Å². The van der Waals surface area contributed by atoms with Crippen LogP contribution in [-0.4, -0.2) is 45.3 Å². The molecule has 0 radical (unpaired) electrons. The molecule has 0 saturated heterocycles. The van der Waals surface area contributed by atoms with Crippen molar-refractivity contribution in [3.8, 4) is 17.6 Å². The number of nitrogens with one attached hydrogen (secondary N) is 1. The Morgan fingerprint density at radius 3 is 2.56 bits per heavy atom. The molecule has 4 aromatic rings. The van der Waals surface area contributed by atoms with E-state index in [-0.39, 0.29) is 17.1 Å². The zero-order chi connectivity index (χ0) is 28.2. The van der Waals surface area contributed by atoms with E-state index < -0.39 is 22.6 Å². The molecule has 0 fully saturated rings. The molecule has 202 valence electrons. The molecule has 6 nitrogen and oxygen atoms in total. The number of ether oxygens (including phenoxy) is 1. The van der Waals surface area contributed by atoms with E-state index in [2.05, 4.69) is 44.7 Å². The van der Waals surface area contributed by atoms with Crippen LogP contribution in [0, 0.1) is 15.4 Å². The number of halogens is 4. The molecule has 0 amide bonds. The van der Waals surface area contributed by atoms with E-state index in [0.29, 0.717) is 28.0 Å². The molecule has 0 aliphatic heterocycles. The van der Waals surface area contributed by atoms with Gasteiger partial charge in [0.05, 0.1) is 41.1 Å². The van der Waals surface area contributed by atoms with Gasteiger partial charge >= 0.3 is 6.18 Å². The van der Waals surface area contributed by atoms with Crippen LogP contribution in [0.2, 0.25) is 0 Å². The number of aliphatic imine (C=N–C) groups is 1. The van der Waals surface area contributed by atoms with Crippen molar-refractivity contribution in [1.29, 1.82) is 0 Å². The van der Waals surface area contributed by atoms with Crippen LogP contribution in [0.4, 0.5) is 24.5 Å². The van der Waals surface area contributed by atoms with Gasteiger partial charge in [-0.3, -0.25) is 4.99 Å². The summed E-state index contributed by atoms with van der Waals surface area (Å²) in [7, 11) is -2.00. The highest BCUT2D eigenvalue weighted by molar-refractivity contribution is 14.1. The average molecular weight is 665 g/mol. The molecule has 0 unspecified atom stereocenters. The summed E-state index contributed by atoms with van der Waals surface area (Å²) in [5.41, 5.74) is 2.50. The first-order valence-electron chi connectivity index (χ1n) is 11.5. The number of nitrogens with zero attached hydrogens (tertiary/aromatic N) is 2.